The van der Waals surface area contributed by atoms with E-state index < -0.39 is 27.4 Å². The zero-order chi connectivity index (χ0) is 36.7. The minimum absolute atomic E-state index is 0.117. The van der Waals surface area contributed by atoms with Gasteiger partial charge in [0.25, 0.3) is 5.91 Å². The molecular formula is C36H56N2O10P2. The molecule has 12 nitrogen and oxygen atoms in total. The Bertz CT molecular complexity index is 1470. The van der Waals surface area contributed by atoms with Crippen LogP contribution in [0.2, 0.25) is 0 Å². The van der Waals surface area contributed by atoms with Crippen molar-refractivity contribution in [2.24, 2.45) is 11.7 Å². The topological polar surface area (TPSA) is 162 Å². The first-order valence-corrected chi connectivity index (χ1v) is 21.0. The summed E-state index contributed by atoms with van der Waals surface area (Å²) in [5.41, 5.74) is 7.56. The third kappa shape index (κ3) is 13.4. The van der Waals surface area contributed by atoms with E-state index >= 15 is 0 Å². The highest BCUT2D eigenvalue weighted by molar-refractivity contribution is 7.62. The second-order valence-electron chi connectivity index (χ2n) is 12.9. The summed E-state index contributed by atoms with van der Waals surface area (Å²) in [6, 6.07) is 10.4. The lowest BCUT2D eigenvalue weighted by Gasteiger charge is -2.25. The Hall–Kier alpha value is -2.72. The summed E-state index contributed by atoms with van der Waals surface area (Å²) in [6.07, 6.45) is 5.79. The maximum atomic E-state index is 13.9. The molecule has 0 aliphatic heterocycles. The van der Waals surface area contributed by atoms with Crippen LogP contribution in [0.5, 0.6) is 11.5 Å². The Labute approximate surface area is 297 Å². The number of benzene rings is 2. The van der Waals surface area contributed by atoms with Crippen molar-refractivity contribution in [1.82, 2.24) is 5.32 Å². The molecule has 3 rings (SSSR count). The van der Waals surface area contributed by atoms with Gasteiger partial charge in [0, 0.05) is 13.0 Å². The normalized spacial score (nSPS) is 14.2. The van der Waals surface area contributed by atoms with Crippen molar-refractivity contribution < 1.29 is 46.3 Å². The highest BCUT2D eigenvalue weighted by atomic mass is 31.2. The van der Waals surface area contributed by atoms with Crippen LogP contribution in [0.4, 0.5) is 0 Å². The van der Waals surface area contributed by atoms with Gasteiger partial charge in [0.15, 0.2) is 6.35 Å². The largest absolute Gasteiger partial charge is 0.492 e. The van der Waals surface area contributed by atoms with E-state index in [0.29, 0.717) is 48.8 Å². The minimum Gasteiger partial charge on any atom is -0.492 e. The molecule has 0 radical (unpaired) electrons. The van der Waals surface area contributed by atoms with E-state index in [4.69, 9.17) is 33.3 Å². The summed E-state index contributed by atoms with van der Waals surface area (Å²) < 4.78 is 61.7. The molecular weight excluding hydrogens is 682 g/mol. The van der Waals surface area contributed by atoms with Crippen molar-refractivity contribution in [3.63, 3.8) is 0 Å². The maximum Gasteiger partial charge on any atom is 0.368 e. The summed E-state index contributed by atoms with van der Waals surface area (Å²) >= 11 is 0. The molecule has 1 saturated carbocycles. The Kier molecular flexibility index (Phi) is 17.0. The van der Waals surface area contributed by atoms with Crippen LogP contribution >= 0.6 is 15.2 Å². The van der Waals surface area contributed by atoms with Crippen LogP contribution in [0, 0.1) is 5.92 Å². The average molecular weight is 739 g/mol. The van der Waals surface area contributed by atoms with Crippen LogP contribution in [0.15, 0.2) is 36.4 Å². The number of ether oxygens (including phenoxy) is 2. The molecule has 280 valence electrons. The van der Waals surface area contributed by atoms with E-state index in [2.05, 4.69) is 5.32 Å². The Morgan fingerprint density at radius 2 is 1.44 bits per heavy atom. The lowest BCUT2D eigenvalue weighted by molar-refractivity contribution is -0.121. The third-order valence-corrected chi connectivity index (χ3v) is 12.0. The maximum absolute atomic E-state index is 13.9. The fraction of sp³-hybridized carbons (Fsp3) is 0.611. The Morgan fingerprint density at radius 1 is 0.840 bits per heavy atom. The molecule has 2 aromatic rings. The minimum atomic E-state index is -3.84. The number of rotatable bonds is 22. The lowest BCUT2D eigenvalue weighted by atomic mass is 9.90. The molecule has 1 aliphatic carbocycles. The van der Waals surface area contributed by atoms with Gasteiger partial charge in [0.1, 0.15) is 16.8 Å². The van der Waals surface area contributed by atoms with E-state index in [9.17, 15) is 18.7 Å². The predicted octanol–water partition coefficient (Wildman–Crippen LogP) is 7.31. The van der Waals surface area contributed by atoms with Crippen molar-refractivity contribution in [2.45, 2.75) is 105 Å². The number of hydrogen-bond donors (Lipinski definition) is 2. The fourth-order valence-electron chi connectivity index (χ4n) is 5.75. The molecule has 3 N–H and O–H groups in total. The van der Waals surface area contributed by atoms with Crippen molar-refractivity contribution in [1.29, 1.82) is 0 Å². The first-order chi connectivity index (χ1) is 23.8. The molecule has 0 spiro atoms. The van der Waals surface area contributed by atoms with Gasteiger partial charge in [-0.15, -0.1) is 0 Å². The Morgan fingerprint density at radius 3 is 2.02 bits per heavy atom. The first kappa shape index (κ1) is 41.7. The average Bonchev–Trinajstić information content (AvgIpc) is 3.06. The molecule has 1 aliphatic rings. The summed E-state index contributed by atoms with van der Waals surface area (Å²) in [5, 5.41) is 3.09. The van der Waals surface area contributed by atoms with Crippen molar-refractivity contribution in [3.05, 3.63) is 53.1 Å². The highest BCUT2D eigenvalue weighted by Gasteiger charge is 2.34. The van der Waals surface area contributed by atoms with Gasteiger partial charge in [0.05, 0.1) is 37.6 Å². The Balaban J connectivity index is 1.64. The van der Waals surface area contributed by atoms with Gasteiger partial charge < -0.3 is 38.6 Å². The second kappa shape index (κ2) is 20.4. The highest BCUT2D eigenvalue weighted by Crippen LogP contribution is 2.52. The van der Waals surface area contributed by atoms with Crippen molar-refractivity contribution in [2.75, 3.05) is 32.7 Å². The fourth-order valence-corrected chi connectivity index (χ4v) is 9.27. The second-order valence-corrected chi connectivity index (χ2v) is 16.8. The lowest BCUT2D eigenvalue weighted by Crippen LogP contribution is -2.26. The summed E-state index contributed by atoms with van der Waals surface area (Å²) in [6.45, 7) is 11.6. The van der Waals surface area contributed by atoms with E-state index in [0.717, 1.165) is 18.4 Å². The van der Waals surface area contributed by atoms with Crippen LogP contribution in [-0.2, 0) is 44.9 Å². The molecule has 0 heterocycles. The van der Waals surface area contributed by atoms with Gasteiger partial charge in [0.2, 0.25) is 5.91 Å². The van der Waals surface area contributed by atoms with Crippen molar-refractivity contribution in [3.8, 4) is 11.5 Å². The number of aryl methyl sites for hydroxylation is 1. The summed E-state index contributed by atoms with van der Waals surface area (Å²) in [7, 11) is -7.50. The molecule has 0 saturated heterocycles. The van der Waals surface area contributed by atoms with Gasteiger partial charge in [-0.25, -0.2) is 0 Å². The number of carbonyl (C=O) groups excluding carboxylic acids is 2. The molecule has 2 aromatic carbocycles. The molecule has 0 unspecified atom stereocenters. The SMILES string of the molecule is CCOP(=O)(OCC)c1cc(CCC(=O)NCCc2ccc(OCC3CCCCC3)c(C(N)=O)c2)ccc1OCP(=O)(OC(C)C)OC(C)C. The van der Waals surface area contributed by atoms with Crippen LogP contribution < -0.4 is 25.8 Å². The monoisotopic (exact) mass is 738 g/mol. The molecule has 50 heavy (non-hydrogen) atoms. The van der Waals surface area contributed by atoms with Crippen LogP contribution in [0.1, 0.15) is 102 Å². The molecule has 0 bridgehead atoms. The molecule has 2 amide bonds. The molecule has 0 atom stereocenters. The predicted molar refractivity (Wildman–Crippen MR) is 195 cm³/mol. The van der Waals surface area contributed by atoms with E-state index in [-0.39, 0.29) is 48.8 Å². The summed E-state index contributed by atoms with van der Waals surface area (Å²) in [5.74, 6) is 0.418. The quantitative estimate of drug-likeness (QED) is 0.117. The van der Waals surface area contributed by atoms with Gasteiger partial charge in [-0.05, 0) is 109 Å². The number of amides is 2. The molecule has 14 heteroatoms. The van der Waals surface area contributed by atoms with E-state index in [1.807, 2.05) is 6.07 Å². The van der Waals surface area contributed by atoms with Crippen LogP contribution in [0.3, 0.4) is 0 Å². The van der Waals surface area contributed by atoms with Gasteiger partial charge in [-0.1, -0.05) is 31.4 Å². The number of primary amides is 1. The smallest absolute Gasteiger partial charge is 0.368 e. The molecule has 1 fully saturated rings. The number of nitrogens with two attached hydrogens (primary N) is 1. The number of carbonyl (C=O) groups is 2. The van der Waals surface area contributed by atoms with Crippen molar-refractivity contribution >= 4 is 32.3 Å². The van der Waals surface area contributed by atoms with E-state index in [1.54, 1.807) is 71.9 Å². The van der Waals surface area contributed by atoms with Gasteiger partial charge >= 0.3 is 15.2 Å². The van der Waals surface area contributed by atoms with Crippen LogP contribution in [0.25, 0.3) is 0 Å². The van der Waals surface area contributed by atoms with Gasteiger partial charge in [-0.2, -0.15) is 0 Å². The first-order valence-electron chi connectivity index (χ1n) is 17.7. The number of nitrogens with one attached hydrogen (secondary N) is 1. The zero-order valence-electron chi connectivity index (χ0n) is 30.4. The van der Waals surface area contributed by atoms with Gasteiger partial charge in [-0.3, -0.25) is 18.7 Å². The zero-order valence-corrected chi connectivity index (χ0v) is 32.2. The van der Waals surface area contributed by atoms with E-state index in [1.165, 1.54) is 19.3 Å². The summed E-state index contributed by atoms with van der Waals surface area (Å²) in [4.78, 5) is 25.0. The number of hydrogen-bond acceptors (Lipinski definition) is 10. The van der Waals surface area contributed by atoms with Crippen LogP contribution in [-0.4, -0.2) is 56.7 Å². The standard InChI is InChI=1S/C36H56N2O10P2/c1-7-45-50(42,46-8-2)34-23-28(15-18-33(34)44-25-49(41,47-26(3)4)48-27(5)6)16-19-35(39)38-21-20-29-14-17-32(31(22-29)36(37)40)43-24-30-12-10-9-11-13-30/h14-15,17-18,22-23,26-27,30H,7-13,16,19-21,24-25H2,1-6H3,(H2,37,40)(H,38,39). The third-order valence-electron chi connectivity index (χ3n) is 7.92. The molecule has 0 aromatic heterocycles.